The van der Waals surface area contributed by atoms with Crippen molar-refractivity contribution < 1.29 is 4.79 Å². The number of nitrogen functional groups attached to an aromatic ring is 1. The van der Waals surface area contributed by atoms with Crippen LogP contribution in [-0.4, -0.2) is 10.9 Å². The zero-order valence-electron chi connectivity index (χ0n) is 7.81. The van der Waals surface area contributed by atoms with E-state index in [1.165, 1.54) is 11.3 Å². The summed E-state index contributed by atoms with van der Waals surface area (Å²) < 4.78 is 0. The number of thiazole rings is 1. The third-order valence-electron chi connectivity index (χ3n) is 1.96. The Morgan fingerprint density at radius 2 is 2.20 bits per heavy atom. The number of nitrogens with two attached hydrogens (primary N) is 2. The lowest BCUT2D eigenvalue weighted by molar-refractivity contribution is 0.100. The maximum atomic E-state index is 11.0. The van der Waals surface area contributed by atoms with Crippen LogP contribution in [0.5, 0.6) is 0 Å². The van der Waals surface area contributed by atoms with E-state index in [4.69, 9.17) is 11.5 Å². The molecule has 0 aliphatic heterocycles. The van der Waals surface area contributed by atoms with E-state index in [9.17, 15) is 4.79 Å². The minimum absolute atomic E-state index is 0.436. The number of nitrogens with zero attached hydrogens (tertiary/aromatic N) is 1. The maximum Gasteiger partial charge on any atom is 0.248 e. The Morgan fingerprint density at radius 1 is 1.40 bits per heavy atom. The molecule has 0 spiro atoms. The first kappa shape index (κ1) is 9.67. The third kappa shape index (κ3) is 1.97. The first-order valence-corrected chi connectivity index (χ1v) is 5.10. The lowest BCUT2D eigenvalue weighted by Gasteiger charge is -1.98. The second kappa shape index (κ2) is 3.70. The molecule has 0 unspecified atom stereocenters. The zero-order valence-corrected chi connectivity index (χ0v) is 8.62. The molecule has 0 aliphatic carbocycles. The number of hydrogen-bond donors (Lipinski definition) is 2. The van der Waals surface area contributed by atoms with Crippen LogP contribution < -0.4 is 11.5 Å². The highest BCUT2D eigenvalue weighted by Gasteiger charge is 2.05. The van der Waals surface area contributed by atoms with Gasteiger partial charge in [-0.05, 0) is 17.7 Å². The summed E-state index contributed by atoms with van der Waals surface area (Å²) in [7, 11) is 0. The standard InChI is InChI=1S/C10H9N3OS/c11-9(14)7-3-1-2-6(4-7)8-5-13-10(12)15-8/h1-5H,(H2,11,14)(H2,12,13). The van der Waals surface area contributed by atoms with Crippen LogP contribution in [0.1, 0.15) is 10.4 Å². The maximum absolute atomic E-state index is 11.0. The smallest absolute Gasteiger partial charge is 0.248 e. The number of anilines is 1. The van der Waals surface area contributed by atoms with Crippen LogP contribution in [0.2, 0.25) is 0 Å². The number of rotatable bonds is 2. The summed E-state index contributed by atoms with van der Waals surface area (Å²) in [6, 6.07) is 7.08. The van der Waals surface area contributed by atoms with Gasteiger partial charge in [-0.15, -0.1) is 0 Å². The number of benzene rings is 1. The molecule has 0 bridgehead atoms. The van der Waals surface area contributed by atoms with Gasteiger partial charge in [0, 0.05) is 11.8 Å². The third-order valence-corrected chi connectivity index (χ3v) is 2.83. The van der Waals surface area contributed by atoms with Crippen molar-refractivity contribution in [1.82, 2.24) is 4.98 Å². The van der Waals surface area contributed by atoms with Gasteiger partial charge in [-0.3, -0.25) is 4.79 Å². The first-order valence-electron chi connectivity index (χ1n) is 4.28. The first-order chi connectivity index (χ1) is 7.16. The fourth-order valence-corrected chi connectivity index (χ4v) is 1.93. The average Bonchev–Trinajstić information content (AvgIpc) is 2.65. The van der Waals surface area contributed by atoms with Gasteiger partial charge in [-0.2, -0.15) is 0 Å². The van der Waals surface area contributed by atoms with Gasteiger partial charge in [0.25, 0.3) is 0 Å². The molecular weight excluding hydrogens is 210 g/mol. The summed E-state index contributed by atoms with van der Waals surface area (Å²) in [5.41, 5.74) is 12.1. The van der Waals surface area contributed by atoms with Gasteiger partial charge in [0.15, 0.2) is 5.13 Å². The number of amides is 1. The molecule has 0 saturated heterocycles. The molecule has 1 amide bonds. The average molecular weight is 219 g/mol. The van der Waals surface area contributed by atoms with Crippen LogP contribution in [-0.2, 0) is 0 Å². The molecule has 76 valence electrons. The van der Waals surface area contributed by atoms with E-state index in [1.54, 1.807) is 24.4 Å². The van der Waals surface area contributed by atoms with Gasteiger partial charge < -0.3 is 11.5 Å². The van der Waals surface area contributed by atoms with Gasteiger partial charge >= 0.3 is 0 Å². The Labute approximate surface area is 90.6 Å². The normalized spacial score (nSPS) is 10.1. The second-order valence-corrected chi connectivity index (χ2v) is 4.07. The molecule has 2 rings (SSSR count). The van der Waals surface area contributed by atoms with E-state index < -0.39 is 5.91 Å². The topological polar surface area (TPSA) is 82.0 Å². The molecule has 1 heterocycles. The van der Waals surface area contributed by atoms with Gasteiger partial charge in [0.2, 0.25) is 5.91 Å². The summed E-state index contributed by atoms with van der Waals surface area (Å²) in [6.45, 7) is 0. The van der Waals surface area contributed by atoms with Gasteiger partial charge in [-0.1, -0.05) is 23.5 Å². The predicted octanol–water partition coefficient (Wildman–Crippen LogP) is 1.49. The molecule has 0 radical (unpaired) electrons. The second-order valence-electron chi connectivity index (χ2n) is 3.01. The highest BCUT2D eigenvalue weighted by Crippen LogP contribution is 2.27. The lowest BCUT2D eigenvalue weighted by Crippen LogP contribution is -2.10. The Balaban J connectivity index is 2.45. The monoisotopic (exact) mass is 219 g/mol. The van der Waals surface area contributed by atoms with Crippen LogP contribution in [0.25, 0.3) is 10.4 Å². The molecule has 15 heavy (non-hydrogen) atoms. The van der Waals surface area contributed by atoms with Crippen molar-refractivity contribution in [2.75, 3.05) is 5.73 Å². The van der Waals surface area contributed by atoms with Gasteiger partial charge in [-0.25, -0.2) is 4.98 Å². The lowest BCUT2D eigenvalue weighted by atomic mass is 10.1. The molecule has 5 heteroatoms. The molecule has 1 aromatic heterocycles. The number of carbonyl (C=O) groups is 1. The quantitative estimate of drug-likeness (QED) is 0.802. The molecule has 0 aliphatic rings. The van der Waals surface area contributed by atoms with Gasteiger partial charge in [0.1, 0.15) is 0 Å². The van der Waals surface area contributed by atoms with Crippen molar-refractivity contribution in [2.45, 2.75) is 0 Å². The largest absolute Gasteiger partial charge is 0.375 e. The summed E-state index contributed by atoms with van der Waals surface area (Å²) >= 11 is 1.38. The number of hydrogen-bond acceptors (Lipinski definition) is 4. The summed E-state index contributed by atoms with van der Waals surface area (Å²) in [5, 5.41) is 0.509. The van der Waals surface area contributed by atoms with Crippen LogP contribution in [0.3, 0.4) is 0 Å². The zero-order chi connectivity index (χ0) is 10.8. The molecule has 4 N–H and O–H groups in total. The Morgan fingerprint density at radius 3 is 2.80 bits per heavy atom. The fraction of sp³-hybridized carbons (Fsp3) is 0. The minimum Gasteiger partial charge on any atom is -0.375 e. The van der Waals surface area contributed by atoms with E-state index in [0.29, 0.717) is 10.7 Å². The van der Waals surface area contributed by atoms with E-state index in [2.05, 4.69) is 4.98 Å². The van der Waals surface area contributed by atoms with E-state index in [0.717, 1.165) is 10.4 Å². The predicted molar refractivity (Wildman–Crippen MR) is 60.5 cm³/mol. The van der Waals surface area contributed by atoms with E-state index in [-0.39, 0.29) is 0 Å². The molecule has 2 aromatic rings. The highest BCUT2D eigenvalue weighted by molar-refractivity contribution is 7.18. The summed E-state index contributed by atoms with van der Waals surface area (Å²) in [6.07, 6.45) is 1.68. The molecule has 4 nitrogen and oxygen atoms in total. The van der Waals surface area contributed by atoms with Crippen LogP contribution in [0.4, 0.5) is 5.13 Å². The molecule has 0 fully saturated rings. The molecular formula is C10H9N3OS. The minimum atomic E-state index is -0.436. The number of primary amides is 1. The van der Waals surface area contributed by atoms with Crippen molar-refractivity contribution in [3.63, 3.8) is 0 Å². The van der Waals surface area contributed by atoms with Crippen molar-refractivity contribution in [2.24, 2.45) is 5.73 Å². The highest BCUT2D eigenvalue weighted by atomic mass is 32.1. The summed E-state index contributed by atoms with van der Waals surface area (Å²) in [4.78, 5) is 15.8. The van der Waals surface area contributed by atoms with E-state index >= 15 is 0 Å². The van der Waals surface area contributed by atoms with Crippen LogP contribution in [0, 0.1) is 0 Å². The van der Waals surface area contributed by atoms with Gasteiger partial charge in [0.05, 0.1) is 4.88 Å². The Kier molecular flexibility index (Phi) is 2.39. The number of carbonyl (C=O) groups excluding carboxylic acids is 1. The Bertz CT molecular complexity index is 507. The van der Waals surface area contributed by atoms with Crippen molar-refractivity contribution in [3.05, 3.63) is 36.0 Å². The Hall–Kier alpha value is -1.88. The van der Waals surface area contributed by atoms with Crippen LogP contribution in [0.15, 0.2) is 30.5 Å². The summed E-state index contributed by atoms with van der Waals surface area (Å²) in [5.74, 6) is -0.436. The van der Waals surface area contributed by atoms with Crippen molar-refractivity contribution >= 4 is 22.4 Å². The SMILES string of the molecule is NC(=O)c1cccc(-c2cnc(N)s2)c1. The van der Waals surface area contributed by atoms with Crippen molar-refractivity contribution in [3.8, 4) is 10.4 Å². The molecule has 1 aromatic carbocycles. The van der Waals surface area contributed by atoms with Crippen molar-refractivity contribution in [1.29, 1.82) is 0 Å². The van der Waals surface area contributed by atoms with Crippen LogP contribution >= 0.6 is 11.3 Å². The molecule has 0 atom stereocenters. The fourth-order valence-electron chi connectivity index (χ4n) is 1.25. The molecule has 0 saturated carbocycles. The van der Waals surface area contributed by atoms with E-state index in [1.807, 2.05) is 6.07 Å². The number of aromatic nitrogens is 1.